The van der Waals surface area contributed by atoms with Crippen molar-refractivity contribution in [2.45, 2.75) is 32.4 Å². The molecule has 2 aromatic heterocycles. The zero-order valence-electron chi connectivity index (χ0n) is 13.6. The van der Waals surface area contributed by atoms with Gasteiger partial charge in [-0.2, -0.15) is 0 Å². The highest BCUT2D eigenvalue weighted by molar-refractivity contribution is 5.85. The predicted molar refractivity (Wildman–Crippen MR) is 97.8 cm³/mol. The van der Waals surface area contributed by atoms with Crippen LogP contribution in [0.15, 0.2) is 24.4 Å². The number of ether oxygens (including phenoxy) is 1. The standard InChI is InChI=1S/C16H22N4O2.2ClH/c1-11-3-2-4-14-19-13(10-20(11)14)9-18-16(21)15(17)12-5-7-22-8-6-12;;/h2-4,10,12,15H,5-9,17H2,1H3,(H,18,21);2*1H. The molecular formula is C16H24Cl2N4O2. The van der Waals surface area contributed by atoms with Crippen LogP contribution in [0.5, 0.6) is 0 Å². The zero-order valence-corrected chi connectivity index (χ0v) is 15.2. The summed E-state index contributed by atoms with van der Waals surface area (Å²) >= 11 is 0. The Morgan fingerprint density at radius 2 is 2.12 bits per heavy atom. The Bertz CT molecular complexity index is 671. The summed E-state index contributed by atoms with van der Waals surface area (Å²) < 4.78 is 7.32. The first-order valence-corrected chi connectivity index (χ1v) is 7.70. The summed E-state index contributed by atoms with van der Waals surface area (Å²) in [6, 6.07) is 5.48. The van der Waals surface area contributed by atoms with Crippen molar-refractivity contribution >= 4 is 36.4 Å². The lowest BCUT2D eigenvalue weighted by Crippen LogP contribution is -2.46. The van der Waals surface area contributed by atoms with Gasteiger partial charge in [0.2, 0.25) is 5.91 Å². The molecule has 1 aliphatic heterocycles. The van der Waals surface area contributed by atoms with Crippen LogP contribution in [0.4, 0.5) is 0 Å². The maximum Gasteiger partial charge on any atom is 0.237 e. The van der Waals surface area contributed by atoms with Crippen LogP contribution in [0.2, 0.25) is 0 Å². The number of hydrogen-bond donors (Lipinski definition) is 2. The van der Waals surface area contributed by atoms with Crippen molar-refractivity contribution in [3.63, 3.8) is 0 Å². The van der Waals surface area contributed by atoms with Gasteiger partial charge in [0.1, 0.15) is 5.65 Å². The number of aryl methyl sites for hydroxylation is 1. The third kappa shape index (κ3) is 4.60. The molecule has 1 amide bonds. The molecule has 1 fully saturated rings. The summed E-state index contributed by atoms with van der Waals surface area (Å²) in [7, 11) is 0. The van der Waals surface area contributed by atoms with Gasteiger partial charge in [0.05, 0.1) is 18.3 Å². The van der Waals surface area contributed by atoms with E-state index >= 15 is 0 Å². The fraction of sp³-hybridized carbons (Fsp3) is 0.500. The van der Waals surface area contributed by atoms with Gasteiger partial charge >= 0.3 is 0 Å². The first-order chi connectivity index (χ1) is 10.6. The minimum Gasteiger partial charge on any atom is -0.381 e. The maximum absolute atomic E-state index is 12.2. The quantitative estimate of drug-likeness (QED) is 0.855. The largest absolute Gasteiger partial charge is 0.381 e. The van der Waals surface area contributed by atoms with Crippen LogP contribution in [0.3, 0.4) is 0 Å². The number of hydrogen-bond acceptors (Lipinski definition) is 4. The van der Waals surface area contributed by atoms with Crippen molar-refractivity contribution in [1.82, 2.24) is 14.7 Å². The van der Waals surface area contributed by atoms with Crippen LogP contribution >= 0.6 is 24.8 Å². The average Bonchev–Trinajstić information content (AvgIpc) is 2.97. The van der Waals surface area contributed by atoms with E-state index in [4.69, 9.17) is 10.5 Å². The minimum absolute atomic E-state index is 0. The Morgan fingerprint density at radius 1 is 1.42 bits per heavy atom. The van der Waals surface area contributed by atoms with E-state index in [1.54, 1.807) is 0 Å². The number of nitrogens with two attached hydrogens (primary N) is 1. The molecule has 0 aromatic carbocycles. The van der Waals surface area contributed by atoms with E-state index in [0.29, 0.717) is 19.8 Å². The summed E-state index contributed by atoms with van der Waals surface area (Å²) in [5, 5.41) is 2.90. The summed E-state index contributed by atoms with van der Waals surface area (Å²) in [5.41, 5.74) is 8.90. The first kappa shape index (κ1) is 20.7. The molecule has 3 heterocycles. The lowest BCUT2D eigenvalue weighted by Gasteiger charge is -2.26. The molecule has 2 aromatic rings. The van der Waals surface area contributed by atoms with Gasteiger partial charge in [-0.05, 0) is 37.8 Å². The number of nitrogens with zero attached hydrogens (tertiary/aromatic N) is 2. The molecular weight excluding hydrogens is 351 g/mol. The van der Waals surface area contributed by atoms with E-state index in [0.717, 1.165) is 29.9 Å². The fourth-order valence-electron chi connectivity index (χ4n) is 2.87. The normalized spacial score (nSPS) is 16.1. The smallest absolute Gasteiger partial charge is 0.237 e. The van der Waals surface area contributed by atoms with Gasteiger partial charge in [-0.3, -0.25) is 4.79 Å². The highest BCUT2D eigenvalue weighted by Crippen LogP contribution is 2.17. The second-order valence-corrected chi connectivity index (χ2v) is 5.82. The summed E-state index contributed by atoms with van der Waals surface area (Å²) in [5.74, 6) is 0.0951. The number of carbonyl (C=O) groups excluding carboxylic acids is 1. The monoisotopic (exact) mass is 374 g/mol. The molecule has 3 N–H and O–H groups in total. The molecule has 3 rings (SSSR count). The highest BCUT2D eigenvalue weighted by Gasteiger charge is 2.26. The minimum atomic E-state index is -0.470. The van der Waals surface area contributed by atoms with Gasteiger partial charge in [0, 0.05) is 25.1 Å². The molecule has 0 aliphatic carbocycles. The number of imidazole rings is 1. The number of halogens is 2. The van der Waals surface area contributed by atoms with Crippen LogP contribution < -0.4 is 11.1 Å². The topological polar surface area (TPSA) is 81.7 Å². The molecule has 0 radical (unpaired) electrons. The molecule has 0 bridgehead atoms. The van der Waals surface area contributed by atoms with Crippen molar-refractivity contribution in [2.75, 3.05) is 13.2 Å². The van der Waals surface area contributed by atoms with Gasteiger partial charge in [0.25, 0.3) is 0 Å². The third-order valence-corrected chi connectivity index (χ3v) is 4.27. The number of rotatable bonds is 4. The van der Waals surface area contributed by atoms with Crippen molar-refractivity contribution in [2.24, 2.45) is 11.7 Å². The molecule has 6 nitrogen and oxygen atoms in total. The average molecular weight is 375 g/mol. The number of nitrogens with one attached hydrogen (secondary N) is 1. The van der Waals surface area contributed by atoms with Gasteiger partial charge in [-0.25, -0.2) is 4.98 Å². The molecule has 134 valence electrons. The molecule has 8 heteroatoms. The van der Waals surface area contributed by atoms with Crippen LogP contribution in [0.25, 0.3) is 5.65 Å². The fourth-order valence-corrected chi connectivity index (χ4v) is 2.87. The van der Waals surface area contributed by atoms with Gasteiger partial charge in [-0.15, -0.1) is 24.8 Å². The van der Waals surface area contributed by atoms with Crippen molar-refractivity contribution in [3.05, 3.63) is 35.8 Å². The highest BCUT2D eigenvalue weighted by atomic mass is 35.5. The zero-order chi connectivity index (χ0) is 15.5. The van der Waals surface area contributed by atoms with Gasteiger partial charge in [-0.1, -0.05) is 6.07 Å². The third-order valence-electron chi connectivity index (χ3n) is 4.27. The summed E-state index contributed by atoms with van der Waals surface area (Å²) in [6.07, 6.45) is 3.65. The number of aromatic nitrogens is 2. The Balaban J connectivity index is 0.00000144. The Labute approximate surface area is 154 Å². The van der Waals surface area contributed by atoms with E-state index in [1.165, 1.54) is 0 Å². The number of pyridine rings is 1. The summed E-state index contributed by atoms with van der Waals surface area (Å²) in [4.78, 5) is 16.7. The van der Waals surface area contributed by atoms with Crippen molar-refractivity contribution < 1.29 is 9.53 Å². The lowest BCUT2D eigenvalue weighted by molar-refractivity contribution is -0.124. The second-order valence-electron chi connectivity index (χ2n) is 5.82. The van der Waals surface area contributed by atoms with Crippen LogP contribution in [-0.2, 0) is 16.1 Å². The summed E-state index contributed by atoms with van der Waals surface area (Å²) in [6.45, 7) is 3.81. The van der Waals surface area contributed by atoms with Crippen LogP contribution in [-0.4, -0.2) is 34.5 Å². The van der Waals surface area contributed by atoms with Gasteiger partial charge in [0.15, 0.2) is 0 Å². The lowest BCUT2D eigenvalue weighted by atomic mass is 9.92. The first-order valence-electron chi connectivity index (χ1n) is 7.70. The van der Waals surface area contributed by atoms with E-state index in [1.807, 2.05) is 35.7 Å². The van der Waals surface area contributed by atoms with Crippen LogP contribution in [0.1, 0.15) is 24.2 Å². The van der Waals surface area contributed by atoms with E-state index < -0.39 is 6.04 Å². The number of carbonyl (C=O) groups is 1. The molecule has 1 unspecified atom stereocenters. The molecule has 0 spiro atoms. The molecule has 0 saturated carbocycles. The van der Waals surface area contributed by atoms with Crippen molar-refractivity contribution in [3.8, 4) is 0 Å². The van der Waals surface area contributed by atoms with E-state index in [9.17, 15) is 4.79 Å². The Kier molecular flexibility index (Phi) is 7.96. The Hall–Kier alpha value is -1.34. The number of fused-ring (bicyclic) bond motifs is 1. The SMILES string of the molecule is Cc1cccc2nc(CNC(=O)C(N)C3CCOCC3)cn12.Cl.Cl. The van der Waals surface area contributed by atoms with Crippen LogP contribution in [0, 0.1) is 12.8 Å². The molecule has 24 heavy (non-hydrogen) atoms. The van der Waals surface area contributed by atoms with E-state index in [-0.39, 0.29) is 36.6 Å². The maximum atomic E-state index is 12.2. The van der Waals surface area contributed by atoms with Gasteiger partial charge < -0.3 is 20.2 Å². The predicted octanol–water partition coefficient (Wildman–Crippen LogP) is 1.86. The van der Waals surface area contributed by atoms with E-state index in [2.05, 4.69) is 10.3 Å². The molecule has 1 saturated heterocycles. The molecule has 1 aliphatic rings. The second kappa shape index (κ2) is 9.22. The Morgan fingerprint density at radius 3 is 2.79 bits per heavy atom. The number of amides is 1. The molecule has 1 atom stereocenters. The van der Waals surface area contributed by atoms with Crippen molar-refractivity contribution in [1.29, 1.82) is 0 Å².